The zero-order valence-electron chi connectivity index (χ0n) is 11.7. The number of nitrogens with zero attached hydrogens (tertiary/aromatic N) is 2. The SMILES string of the molecule is c1ccc(-n2ccc(CNCC3CCCOC3)n2)cc1. The standard InChI is InChI=1S/C16H21N3O/c1-2-6-16(7-3-1)19-9-8-15(18-19)12-17-11-14-5-4-10-20-13-14/h1-3,6-9,14,17H,4-5,10-13H2. The van der Waals surface area contributed by atoms with Gasteiger partial charge in [0.1, 0.15) is 0 Å². The zero-order valence-corrected chi connectivity index (χ0v) is 11.7. The van der Waals surface area contributed by atoms with Gasteiger partial charge in [0, 0.05) is 25.9 Å². The van der Waals surface area contributed by atoms with Crippen molar-refractivity contribution in [1.29, 1.82) is 0 Å². The summed E-state index contributed by atoms with van der Waals surface area (Å²) in [7, 11) is 0. The first kappa shape index (κ1) is 13.3. The van der Waals surface area contributed by atoms with Gasteiger partial charge >= 0.3 is 0 Å². The fourth-order valence-corrected chi connectivity index (χ4v) is 2.55. The highest BCUT2D eigenvalue weighted by Crippen LogP contribution is 2.12. The van der Waals surface area contributed by atoms with Crippen LogP contribution < -0.4 is 5.32 Å². The molecule has 3 rings (SSSR count). The smallest absolute Gasteiger partial charge is 0.0766 e. The molecule has 0 radical (unpaired) electrons. The van der Waals surface area contributed by atoms with Crippen molar-refractivity contribution >= 4 is 0 Å². The van der Waals surface area contributed by atoms with Gasteiger partial charge in [-0.2, -0.15) is 5.10 Å². The Morgan fingerprint density at radius 2 is 2.15 bits per heavy atom. The summed E-state index contributed by atoms with van der Waals surface area (Å²) in [6.45, 7) is 3.65. The predicted octanol–water partition coefficient (Wildman–Crippen LogP) is 2.39. The van der Waals surface area contributed by atoms with Crippen molar-refractivity contribution in [2.45, 2.75) is 19.4 Å². The summed E-state index contributed by atoms with van der Waals surface area (Å²) in [5.41, 5.74) is 2.17. The Bertz CT molecular complexity index is 518. The minimum atomic E-state index is 0.653. The molecule has 106 valence electrons. The largest absolute Gasteiger partial charge is 0.381 e. The summed E-state index contributed by atoms with van der Waals surface area (Å²) in [6, 6.07) is 12.3. The summed E-state index contributed by atoms with van der Waals surface area (Å²) in [6.07, 6.45) is 4.47. The van der Waals surface area contributed by atoms with Crippen molar-refractivity contribution in [1.82, 2.24) is 15.1 Å². The predicted molar refractivity (Wildman–Crippen MR) is 78.8 cm³/mol. The molecule has 4 nitrogen and oxygen atoms in total. The summed E-state index contributed by atoms with van der Waals surface area (Å²) in [4.78, 5) is 0. The van der Waals surface area contributed by atoms with Gasteiger partial charge < -0.3 is 10.1 Å². The molecule has 2 heterocycles. The van der Waals surface area contributed by atoms with Gasteiger partial charge in [-0.15, -0.1) is 0 Å². The van der Waals surface area contributed by atoms with E-state index in [1.54, 1.807) is 0 Å². The summed E-state index contributed by atoms with van der Waals surface area (Å²) in [5.74, 6) is 0.653. The molecule has 4 heteroatoms. The van der Waals surface area contributed by atoms with E-state index >= 15 is 0 Å². The Balaban J connectivity index is 1.50. The van der Waals surface area contributed by atoms with Gasteiger partial charge in [-0.3, -0.25) is 0 Å². The van der Waals surface area contributed by atoms with Crippen LogP contribution >= 0.6 is 0 Å². The molecule has 1 saturated heterocycles. The van der Waals surface area contributed by atoms with Crippen LogP contribution in [0.4, 0.5) is 0 Å². The molecule has 2 aromatic rings. The van der Waals surface area contributed by atoms with E-state index in [4.69, 9.17) is 4.74 Å². The van der Waals surface area contributed by atoms with Crippen molar-refractivity contribution in [3.8, 4) is 5.69 Å². The molecule has 1 aromatic heterocycles. The number of hydrogen-bond acceptors (Lipinski definition) is 3. The van der Waals surface area contributed by atoms with Gasteiger partial charge in [-0.1, -0.05) is 18.2 Å². The van der Waals surface area contributed by atoms with Crippen LogP contribution in [0.15, 0.2) is 42.6 Å². The Morgan fingerprint density at radius 1 is 1.25 bits per heavy atom. The Kier molecular flexibility index (Phi) is 4.46. The molecule has 1 aliphatic rings. The monoisotopic (exact) mass is 271 g/mol. The minimum absolute atomic E-state index is 0.653. The lowest BCUT2D eigenvalue weighted by Crippen LogP contribution is -2.29. The number of para-hydroxylation sites is 1. The van der Waals surface area contributed by atoms with E-state index in [-0.39, 0.29) is 0 Å². The lowest BCUT2D eigenvalue weighted by molar-refractivity contribution is 0.0547. The Hall–Kier alpha value is -1.65. The van der Waals surface area contributed by atoms with E-state index in [1.807, 2.05) is 29.1 Å². The maximum atomic E-state index is 5.49. The average Bonchev–Trinajstić information content (AvgIpc) is 2.98. The molecule has 0 aliphatic carbocycles. The number of aromatic nitrogens is 2. The lowest BCUT2D eigenvalue weighted by Gasteiger charge is -2.22. The van der Waals surface area contributed by atoms with E-state index < -0.39 is 0 Å². The fraction of sp³-hybridized carbons (Fsp3) is 0.438. The van der Waals surface area contributed by atoms with Gasteiger partial charge in [-0.05, 0) is 37.0 Å². The van der Waals surface area contributed by atoms with Crippen molar-refractivity contribution < 1.29 is 4.74 Å². The maximum Gasteiger partial charge on any atom is 0.0766 e. The molecule has 1 aromatic carbocycles. The van der Waals surface area contributed by atoms with Crippen LogP contribution in [0.2, 0.25) is 0 Å². The molecule has 1 aliphatic heterocycles. The minimum Gasteiger partial charge on any atom is -0.381 e. The lowest BCUT2D eigenvalue weighted by atomic mass is 10.0. The third-order valence-electron chi connectivity index (χ3n) is 3.66. The molecular formula is C16H21N3O. The molecule has 1 fully saturated rings. The molecule has 1 atom stereocenters. The summed E-state index contributed by atoms with van der Waals surface area (Å²) in [5, 5.41) is 8.07. The van der Waals surface area contributed by atoms with E-state index in [0.717, 1.165) is 37.7 Å². The van der Waals surface area contributed by atoms with Gasteiger partial charge in [0.15, 0.2) is 0 Å². The molecule has 1 unspecified atom stereocenters. The molecular weight excluding hydrogens is 250 g/mol. The summed E-state index contributed by atoms with van der Waals surface area (Å²) < 4.78 is 7.40. The second kappa shape index (κ2) is 6.68. The van der Waals surface area contributed by atoms with Crippen LogP contribution in [0.25, 0.3) is 5.69 Å². The van der Waals surface area contributed by atoms with Crippen LogP contribution in [0.1, 0.15) is 18.5 Å². The maximum absolute atomic E-state index is 5.49. The van der Waals surface area contributed by atoms with Crippen molar-refractivity contribution in [2.24, 2.45) is 5.92 Å². The number of rotatable bonds is 5. The third kappa shape index (κ3) is 3.46. The van der Waals surface area contributed by atoms with Crippen molar-refractivity contribution in [3.05, 3.63) is 48.3 Å². The Labute approximate surface area is 119 Å². The molecule has 0 saturated carbocycles. The molecule has 0 spiro atoms. The number of hydrogen-bond donors (Lipinski definition) is 1. The van der Waals surface area contributed by atoms with Gasteiger partial charge in [0.2, 0.25) is 0 Å². The second-order valence-corrected chi connectivity index (χ2v) is 5.30. The van der Waals surface area contributed by atoms with Crippen LogP contribution in [0, 0.1) is 5.92 Å². The number of ether oxygens (including phenoxy) is 1. The highest BCUT2D eigenvalue weighted by Gasteiger charge is 2.13. The number of nitrogens with one attached hydrogen (secondary N) is 1. The first-order chi connectivity index (χ1) is 9.92. The van der Waals surface area contributed by atoms with Gasteiger partial charge in [0.05, 0.1) is 18.0 Å². The number of benzene rings is 1. The average molecular weight is 271 g/mol. The van der Waals surface area contributed by atoms with E-state index in [9.17, 15) is 0 Å². The molecule has 20 heavy (non-hydrogen) atoms. The molecule has 1 N–H and O–H groups in total. The van der Waals surface area contributed by atoms with Crippen LogP contribution in [-0.2, 0) is 11.3 Å². The van der Waals surface area contributed by atoms with E-state index in [1.165, 1.54) is 12.8 Å². The quantitative estimate of drug-likeness (QED) is 0.907. The fourth-order valence-electron chi connectivity index (χ4n) is 2.55. The summed E-state index contributed by atoms with van der Waals surface area (Å²) >= 11 is 0. The topological polar surface area (TPSA) is 39.1 Å². The van der Waals surface area contributed by atoms with Crippen LogP contribution in [0.3, 0.4) is 0 Å². The van der Waals surface area contributed by atoms with Crippen molar-refractivity contribution in [3.63, 3.8) is 0 Å². The van der Waals surface area contributed by atoms with Crippen LogP contribution in [-0.4, -0.2) is 29.5 Å². The highest BCUT2D eigenvalue weighted by atomic mass is 16.5. The second-order valence-electron chi connectivity index (χ2n) is 5.30. The molecule has 0 bridgehead atoms. The van der Waals surface area contributed by atoms with Crippen molar-refractivity contribution in [2.75, 3.05) is 19.8 Å². The first-order valence-corrected chi connectivity index (χ1v) is 7.30. The first-order valence-electron chi connectivity index (χ1n) is 7.30. The third-order valence-corrected chi connectivity index (χ3v) is 3.66. The normalized spacial score (nSPS) is 19.1. The Morgan fingerprint density at radius 3 is 2.95 bits per heavy atom. The van der Waals surface area contributed by atoms with Gasteiger partial charge in [0.25, 0.3) is 0 Å². The molecule has 0 amide bonds. The van der Waals surface area contributed by atoms with Gasteiger partial charge in [-0.25, -0.2) is 4.68 Å². The van der Waals surface area contributed by atoms with E-state index in [0.29, 0.717) is 5.92 Å². The van der Waals surface area contributed by atoms with Crippen LogP contribution in [0.5, 0.6) is 0 Å². The van der Waals surface area contributed by atoms with E-state index in [2.05, 4.69) is 28.6 Å². The highest BCUT2D eigenvalue weighted by molar-refractivity contribution is 5.30. The zero-order chi connectivity index (χ0) is 13.6.